The molecule has 0 spiro atoms. The van der Waals surface area contributed by atoms with Crippen LogP contribution in [0.5, 0.6) is 11.5 Å². The summed E-state index contributed by atoms with van der Waals surface area (Å²) >= 11 is 0. The first kappa shape index (κ1) is 25.9. The van der Waals surface area contributed by atoms with Gasteiger partial charge in [-0.05, 0) is 72.6 Å². The zero-order valence-electron chi connectivity index (χ0n) is 20.2. The van der Waals surface area contributed by atoms with Crippen molar-refractivity contribution >= 4 is 23.3 Å². The summed E-state index contributed by atoms with van der Waals surface area (Å²) in [5.41, 5.74) is 3.44. The average Bonchev–Trinajstić information content (AvgIpc) is 3.19. The molecule has 0 unspecified atom stereocenters. The maximum Gasteiger partial charge on any atom is 0.573 e. The minimum Gasteiger partial charge on any atom is -0.489 e. The molecular weight excluding hydrogens is 489 g/mol. The number of anilines is 2. The van der Waals surface area contributed by atoms with E-state index < -0.39 is 6.36 Å². The van der Waals surface area contributed by atoms with Crippen LogP contribution in [0.1, 0.15) is 28.4 Å². The van der Waals surface area contributed by atoms with E-state index >= 15 is 0 Å². The summed E-state index contributed by atoms with van der Waals surface area (Å²) in [7, 11) is 1.79. The van der Waals surface area contributed by atoms with Gasteiger partial charge in [-0.25, -0.2) is 0 Å². The van der Waals surface area contributed by atoms with Gasteiger partial charge < -0.3 is 24.0 Å². The van der Waals surface area contributed by atoms with Gasteiger partial charge >= 0.3 is 12.3 Å². The Morgan fingerprint density at radius 3 is 2.32 bits per heavy atom. The number of benzene rings is 3. The summed E-state index contributed by atoms with van der Waals surface area (Å²) < 4.78 is 52.1. The Balaban J connectivity index is 1.41. The third kappa shape index (κ3) is 6.32. The molecule has 0 atom stereocenters. The first-order valence-corrected chi connectivity index (χ1v) is 11.5. The summed E-state index contributed by atoms with van der Waals surface area (Å²) in [4.78, 5) is 27.9. The van der Waals surface area contributed by atoms with Gasteiger partial charge in [-0.15, -0.1) is 13.2 Å². The molecule has 1 aliphatic heterocycles. The molecule has 10 heteroatoms. The molecule has 3 aromatic rings. The van der Waals surface area contributed by atoms with Crippen molar-refractivity contribution < 1.29 is 37.0 Å². The molecule has 0 fully saturated rings. The second-order valence-electron chi connectivity index (χ2n) is 8.32. The predicted octanol–water partition coefficient (Wildman–Crippen LogP) is 5.32. The summed E-state index contributed by atoms with van der Waals surface area (Å²) in [6.45, 7) is 2.71. The minimum absolute atomic E-state index is 0.132. The van der Waals surface area contributed by atoms with Gasteiger partial charge in [0, 0.05) is 24.0 Å². The second kappa shape index (κ2) is 10.8. The van der Waals surface area contributed by atoms with Crippen LogP contribution in [0, 0.1) is 0 Å². The molecule has 0 saturated heterocycles. The molecule has 37 heavy (non-hydrogen) atoms. The van der Waals surface area contributed by atoms with Crippen molar-refractivity contribution in [3.05, 3.63) is 83.4 Å². The Labute approximate surface area is 212 Å². The number of likely N-dealkylation sites (N-methyl/N-ethyl adjacent to an activating group) is 1. The number of alkyl halides is 3. The molecule has 0 aromatic heterocycles. The maximum absolute atomic E-state index is 13.0. The number of hydrogen-bond acceptors (Lipinski definition) is 6. The Morgan fingerprint density at radius 1 is 1.00 bits per heavy atom. The van der Waals surface area contributed by atoms with Gasteiger partial charge in [0.25, 0.3) is 5.91 Å². The zero-order valence-corrected chi connectivity index (χ0v) is 20.2. The van der Waals surface area contributed by atoms with E-state index in [0.717, 1.165) is 16.8 Å². The molecule has 4 rings (SSSR count). The second-order valence-corrected chi connectivity index (χ2v) is 8.32. The Morgan fingerprint density at radius 2 is 1.68 bits per heavy atom. The summed E-state index contributed by atoms with van der Waals surface area (Å²) in [6, 6.07) is 17.8. The van der Waals surface area contributed by atoms with E-state index in [9.17, 15) is 22.8 Å². The zero-order chi connectivity index (χ0) is 26.6. The van der Waals surface area contributed by atoms with Crippen LogP contribution in [-0.2, 0) is 22.7 Å². The lowest BCUT2D eigenvalue weighted by molar-refractivity contribution is -0.274. The Bertz CT molecular complexity index is 1260. The lowest BCUT2D eigenvalue weighted by Gasteiger charge is -2.18. The van der Waals surface area contributed by atoms with Crippen LogP contribution in [0.3, 0.4) is 0 Å². The van der Waals surface area contributed by atoms with Gasteiger partial charge in [-0.2, -0.15) is 0 Å². The van der Waals surface area contributed by atoms with Crippen LogP contribution >= 0.6 is 0 Å². The fourth-order valence-corrected chi connectivity index (χ4v) is 4.02. The Kier molecular flexibility index (Phi) is 7.56. The summed E-state index contributed by atoms with van der Waals surface area (Å²) in [6.07, 6.45) is -4.78. The fraction of sp³-hybridized carbons (Fsp3) is 0.259. The van der Waals surface area contributed by atoms with Crippen LogP contribution in [0.4, 0.5) is 24.5 Å². The van der Waals surface area contributed by atoms with Gasteiger partial charge in [-0.1, -0.05) is 12.1 Å². The van der Waals surface area contributed by atoms with Crippen LogP contribution in [-0.4, -0.2) is 38.4 Å². The molecule has 1 amide bonds. The van der Waals surface area contributed by atoms with E-state index in [4.69, 9.17) is 9.47 Å². The highest BCUT2D eigenvalue weighted by Crippen LogP contribution is 2.33. The largest absolute Gasteiger partial charge is 0.573 e. The first-order chi connectivity index (χ1) is 17.6. The molecule has 0 saturated carbocycles. The highest BCUT2D eigenvalue weighted by atomic mass is 19.4. The van der Waals surface area contributed by atoms with E-state index in [1.165, 1.54) is 29.2 Å². The van der Waals surface area contributed by atoms with Gasteiger partial charge in [0.05, 0.1) is 13.2 Å². The smallest absolute Gasteiger partial charge is 0.489 e. The molecular formula is C27H25F3N2O5. The third-order valence-electron chi connectivity index (χ3n) is 5.79. The maximum atomic E-state index is 13.0. The van der Waals surface area contributed by atoms with E-state index in [0.29, 0.717) is 23.6 Å². The number of ether oxygens (including phenoxy) is 3. The van der Waals surface area contributed by atoms with Crippen LogP contribution in [0.25, 0.3) is 0 Å². The number of hydrogen-bond donors (Lipinski definition) is 0. The number of esters is 1. The number of fused-ring (bicyclic) bond motifs is 1. The Hall–Kier alpha value is -4.21. The van der Waals surface area contributed by atoms with Crippen molar-refractivity contribution in [3.63, 3.8) is 0 Å². The number of amides is 1. The van der Waals surface area contributed by atoms with E-state index in [-0.39, 0.29) is 37.3 Å². The molecule has 3 aromatic carbocycles. The summed E-state index contributed by atoms with van der Waals surface area (Å²) in [5, 5.41) is 0. The monoisotopic (exact) mass is 514 g/mol. The van der Waals surface area contributed by atoms with Crippen molar-refractivity contribution in [1.82, 2.24) is 0 Å². The molecule has 0 bridgehead atoms. The van der Waals surface area contributed by atoms with Gasteiger partial charge in [-0.3, -0.25) is 9.59 Å². The van der Waals surface area contributed by atoms with E-state index in [2.05, 4.69) is 4.74 Å². The highest BCUT2D eigenvalue weighted by Gasteiger charge is 2.32. The number of rotatable bonds is 9. The van der Waals surface area contributed by atoms with Crippen molar-refractivity contribution in [3.8, 4) is 11.5 Å². The molecule has 7 nitrogen and oxygen atoms in total. The SMILES string of the molecule is CCOC(=O)CN(C)c1ccc(OCc2cccc3c2CN(c2ccc(OC(F)(F)F)cc2)C3=O)cc1. The van der Waals surface area contributed by atoms with Crippen LogP contribution in [0.2, 0.25) is 0 Å². The van der Waals surface area contributed by atoms with Crippen molar-refractivity contribution in [2.75, 3.05) is 30.0 Å². The first-order valence-electron chi connectivity index (χ1n) is 11.5. The van der Waals surface area contributed by atoms with Crippen molar-refractivity contribution in [1.29, 1.82) is 0 Å². The standard InChI is InChI=1S/C27H25F3N2O5/c1-3-35-25(33)16-31(2)19-7-11-21(12-8-19)36-17-18-5-4-6-23-24(18)15-32(26(23)34)20-9-13-22(14-10-20)37-27(28,29)30/h4-14H,3,15-17H2,1-2H3. The van der Waals surface area contributed by atoms with Crippen LogP contribution in [0.15, 0.2) is 66.7 Å². The quantitative estimate of drug-likeness (QED) is 0.360. The average molecular weight is 515 g/mol. The normalized spacial score (nSPS) is 12.8. The van der Waals surface area contributed by atoms with Gasteiger partial charge in [0.2, 0.25) is 0 Å². The number of halogens is 3. The van der Waals surface area contributed by atoms with E-state index in [1.807, 2.05) is 18.2 Å². The highest BCUT2D eigenvalue weighted by molar-refractivity contribution is 6.10. The van der Waals surface area contributed by atoms with Gasteiger partial charge in [0.15, 0.2) is 0 Å². The number of carbonyl (C=O) groups is 2. The number of nitrogens with zero attached hydrogens (tertiary/aromatic N) is 2. The fourth-order valence-electron chi connectivity index (χ4n) is 4.02. The van der Waals surface area contributed by atoms with Crippen molar-refractivity contribution in [2.45, 2.75) is 26.4 Å². The van der Waals surface area contributed by atoms with Crippen molar-refractivity contribution in [2.24, 2.45) is 0 Å². The number of carbonyl (C=O) groups excluding carboxylic acids is 2. The lowest BCUT2D eigenvalue weighted by Crippen LogP contribution is -2.26. The van der Waals surface area contributed by atoms with Crippen LogP contribution < -0.4 is 19.3 Å². The molecule has 0 radical (unpaired) electrons. The summed E-state index contributed by atoms with van der Waals surface area (Å²) in [5.74, 6) is -0.285. The van der Waals surface area contributed by atoms with E-state index in [1.54, 1.807) is 43.1 Å². The molecule has 0 N–H and O–H groups in total. The lowest BCUT2D eigenvalue weighted by atomic mass is 10.0. The third-order valence-corrected chi connectivity index (χ3v) is 5.79. The molecule has 1 aliphatic rings. The molecule has 1 heterocycles. The predicted molar refractivity (Wildman–Crippen MR) is 131 cm³/mol. The minimum atomic E-state index is -4.78. The van der Waals surface area contributed by atoms with Gasteiger partial charge in [0.1, 0.15) is 24.7 Å². The molecule has 194 valence electrons. The topological polar surface area (TPSA) is 68.3 Å². The molecule has 0 aliphatic carbocycles.